The van der Waals surface area contributed by atoms with Gasteiger partial charge in [0.15, 0.2) is 0 Å². The van der Waals surface area contributed by atoms with Crippen molar-refractivity contribution in [2.45, 2.75) is 58.3 Å². The molecule has 0 N–H and O–H groups in total. The van der Waals surface area contributed by atoms with Crippen molar-refractivity contribution in [1.29, 1.82) is 0 Å². The molecule has 0 bridgehead atoms. The summed E-state index contributed by atoms with van der Waals surface area (Å²) in [6, 6.07) is 9.06. The Hall–Kier alpha value is -2.42. The van der Waals surface area contributed by atoms with Gasteiger partial charge >= 0.3 is 5.97 Å². The van der Waals surface area contributed by atoms with Crippen LogP contribution in [-0.2, 0) is 15.6 Å². The number of benzene rings is 2. The fraction of sp³-hybridized carbons (Fsp3) is 0.400. The maximum absolute atomic E-state index is 14.4. The summed E-state index contributed by atoms with van der Waals surface area (Å²) >= 11 is 0. The Labute approximate surface area is 167 Å². The first-order valence-corrected chi connectivity index (χ1v) is 9.71. The zero-order valence-corrected chi connectivity index (χ0v) is 17.7. The van der Waals surface area contributed by atoms with E-state index in [2.05, 4.69) is 58.1 Å². The molecule has 3 heteroatoms. The number of methoxy groups -OCH3 is 1. The van der Waals surface area contributed by atoms with Gasteiger partial charge in [-0.2, -0.15) is 0 Å². The van der Waals surface area contributed by atoms with E-state index < -0.39 is 11.8 Å². The summed E-state index contributed by atoms with van der Waals surface area (Å²) in [6.45, 7) is 15.5. The molecule has 2 nitrogen and oxygen atoms in total. The minimum absolute atomic E-state index is 0.0657. The van der Waals surface area contributed by atoms with Gasteiger partial charge in [-0.25, -0.2) is 9.18 Å². The van der Waals surface area contributed by atoms with Crippen LogP contribution in [0.4, 0.5) is 4.39 Å². The number of carbonyl (C=O) groups excluding carboxylic acids is 1. The number of aryl methyl sites for hydroxylation is 1. The van der Waals surface area contributed by atoms with Crippen molar-refractivity contribution in [3.05, 3.63) is 76.1 Å². The molecule has 0 radical (unpaired) electrons. The minimum Gasteiger partial charge on any atom is -0.465 e. The van der Waals surface area contributed by atoms with Gasteiger partial charge in [0.25, 0.3) is 0 Å². The van der Waals surface area contributed by atoms with E-state index in [1.807, 2.05) is 0 Å². The van der Waals surface area contributed by atoms with E-state index >= 15 is 0 Å². The highest BCUT2D eigenvalue weighted by molar-refractivity contribution is 5.90. The fourth-order valence-electron chi connectivity index (χ4n) is 4.18. The van der Waals surface area contributed by atoms with Crippen LogP contribution in [0.15, 0.2) is 36.9 Å². The molecule has 1 aliphatic rings. The topological polar surface area (TPSA) is 26.3 Å². The van der Waals surface area contributed by atoms with Gasteiger partial charge in [0.1, 0.15) is 5.82 Å². The Morgan fingerprint density at radius 2 is 1.57 bits per heavy atom. The van der Waals surface area contributed by atoms with Crippen LogP contribution < -0.4 is 0 Å². The molecule has 1 aliphatic carbocycles. The smallest absolute Gasteiger partial charge is 0.340 e. The highest BCUT2D eigenvalue weighted by atomic mass is 19.1. The summed E-state index contributed by atoms with van der Waals surface area (Å²) in [5.41, 5.74) is 6.49. The molecule has 0 heterocycles. The molecule has 2 aromatic rings. The molecule has 0 saturated carbocycles. The average Bonchev–Trinajstić information content (AvgIpc) is 2.64. The van der Waals surface area contributed by atoms with E-state index in [0.717, 1.165) is 29.5 Å². The van der Waals surface area contributed by atoms with E-state index in [9.17, 15) is 9.18 Å². The fourth-order valence-corrected chi connectivity index (χ4v) is 4.18. The maximum Gasteiger partial charge on any atom is 0.340 e. The number of fused-ring (bicyclic) bond motifs is 1. The van der Waals surface area contributed by atoms with Crippen LogP contribution in [0.2, 0.25) is 0 Å². The Kier molecular flexibility index (Phi) is 4.99. The van der Waals surface area contributed by atoms with Crippen molar-refractivity contribution in [2.75, 3.05) is 7.11 Å². The molecule has 0 atom stereocenters. The number of hydrogen-bond donors (Lipinski definition) is 0. The van der Waals surface area contributed by atoms with Crippen LogP contribution in [0.25, 0.3) is 5.57 Å². The SMILES string of the molecule is C=C(c1ccc(C(=O)OC)c(F)c1)c1cc2c(cc1C)C(C)(C)CCC2(C)C. The van der Waals surface area contributed by atoms with Gasteiger partial charge in [0.05, 0.1) is 12.7 Å². The molecule has 148 valence electrons. The third kappa shape index (κ3) is 3.39. The van der Waals surface area contributed by atoms with Crippen molar-refractivity contribution in [3.63, 3.8) is 0 Å². The summed E-state index contributed by atoms with van der Waals surface area (Å²) in [5, 5.41) is 0. The number of rotatable bonds is 3. The standard InChI is InChI=1S/C25H29FO2/c1-15-12-20-21(25(5,6)11-10-24(20,3)4)14-19(15)16(2)17-8-9-18(22(26)13-17)23(27)28-7/h8-9,12-14H,2,10-11H2,1,3-7H3. The summed E-state index contributed by atoms with van der Waals surface area (Å²) in [4.78, 5) is 11.6. The first-order valence-electron chi connectivity index (χ1n) is 9.71. The third-order valence-electron chi connectivity index (χ3n) is 6.25. The first kappa shape index (κ1) is 20.3. The lowest BCUT2D eigenvalue weighted by Gasteiger charge is -2.42. The highest BCUT2D eigenvalue weighted by Gasteiger charge is 2.37. The minimum atomic E-state index is -0.677. The molecule has 0 fully saturated rings. The summed E-state index contributed by atoms with van der Waals surface area (Å²) in [7, 11) is 1.24. The van der Waals surface area contributed by atoms with Gasteiger partial charge in [-0.3, -0.25) is 0 Å². The van der Waals surface area contributed by atoms with Gasteiger partial charge in [-0.1, -0.05) is 52.5 Å². The molecule has 0 aliphatic heterocycles. The molecule has 28 heavy (non-hydrogen) atoms. The van der Waals surface area contributed by atoms with Gasteiger partial charge in [0.2, 0.25) is 0 Å². The van der Waals surface area contributed by atoms with Gasteiger partial charge in [-0.05, 0) is 76.1 Å². The van der Waals surface area contributed by atoms with Crippen molar-refractivity contribution >= 4 is 11.5 Å². The maximum atomic E-state index is 14.4. The van der Waals surface area contributed by atoms with Crippen LogP contribution in [0, 0.1) is 12.7 Å². The van der Waals surface area contributed by atoms with Crippen molar-refractivity contribution in [2.24, 2.45) is 0 Å². The number of esters is 1. The largest absolute Gasteiger partial charge is 0.465 e. The second kappa shape index (κ2) is 6.88. The van der Waals surface area contributed by atoms with E-state index in [1.165, 1.54) is 30.4 Å². The number of halogens is 1. The summed E-state index contributed by atoms with van der Waals surface area (Å²) in [6.07, 6.45) is 2.29. The van der Waals surface area contributed by atoms with Gasteiger partial charge in [-0.15, -0.1) is 0 Å². The monoisotopic (exact) mass is 380 g/mol. The van der Waals surface area contributed by atoms with Crippen LogP contribution in [0.3, 0.4) is 0 Å². The molecular weight excluding hydrogens is 351 g/mol. The first-order chi connectivity index (χ1) is 13.0. The predicted molar refractivity (Wildman–Crippen MR) is 112 cm³/mol. The summed E-state index contributed by atoms with van der Waals surface area (Å²) in [5.74, 6) is -1.27. The quantitative estimate of drug-likeness (QED) is 0.582. The molecule has 3 rings (SSSR count). The third-order valence-corrected chi connectivity index (χ3v) is 6.25. The highest BCUT2D eigenvalue weighted by Crippen LogP contribution is 2.47. The van der Waals surface area contributed by atoms with Gasteiger partial charge in [0, 0.05) is 0 Å². The van der Waals surface area contributed by atoms with Crippen molar-refractivity contribution in [3.8, 4) is 0 Å². The van der Waals surface area contributed by atoms with Gasteiger partial charge < -0.3 is 4.74 Å². The molecule has 0 spiro atoms. The van der Waals surface area contributed by atoms with Crippen molar-refractivity contribution < 1.29 is 13.9 Å². The molecular formula is C25H29FO2. The Balaban J connectivity index is 2.09. The lowest BCUT2D eigenvalue weighted by molar-refractivity contribution is 0.0595. The number of hydrogen-bond acceptors (Lipinski definition) is 2. The molecule has 0 saturated heterocycles. The van der Waals surface area contributed by atoms with E-state index in [1.54, 1.807) is 6.07 Å². The van der Waals surface area contributed by atoms with E-state index in [4.69, 9.17) is 0 Å². The van der Waals surface area contributed by atoms with Crippen LogP contribution in [-0.4, -0.2) is 13.1 Å². The zero-order chi connectivity index (χ0) is 20.9. The molecule has 0 aromatic heterocycles. The number of ether oxygens (including phenoxy) is 1. The Morgan fingerprint density at radius 3 is 2.11 bits per heavy atom. The second-order valence-corrected chi connectivity index (χ2v) is 9.15. The average molecular weight is 381 g/mol. The normalized spacial score (nSPS) is 17.0. The Morgan fingerprint density at radius 1 is 1.00 bits per heavy atom. The lowest BCUT2D eigenvalue weighted by atomic mass is 9.62. The summed E-state index contributed by atoms with van der Waals surface area (Å²) < 4.78 is 19.0. The van der Waals surface area contributed by atoms with E-state index in [-0.39, 0.29) is 16.4 Å². The van der Waals surface area contributed by atoms with Crippen LogP contribution >= 0.6 is 0 Å². The van der Waals surface area contributed by atoms with Crippen LogP contribution in [0.5, 0.6) is 0 Å². The van der Waals surface area contributed by atoms with E-state index in [0.29, 0.717) is 5.56 Å². The molecule has 0 amide bonds. The Bertz CT molecular complexity index is 967. The number of carbonyl (C=O) groups is 1. The lowest BCUT2D eigenvalue weighted by Crippen LogP contribution is -2.34. The molecule has 0 unspecified atom stereocenters. The van der Waals surface area contributed by atoms with Crippen molar-refractivity contribution in [1.82, 2.24) is 0 Å². The molecule has 2 aromatic carbocycles. The second-order valence-electron chi connectivity index (χ2n) is 9.15. The zero-order valence-electron chi connectivity index (χ0n) is 17.7. The predicted octanol–water partition coefficient (Wildman–Crippen LogP) is 6.33. The van der Waals surface area contributed by atoms with Crippen LogP contribution in [0.1, 0.15) is 78.7 Å².